The smallest absolute Gasteiger partial charge is 0.256 e. The van der Waals surface area contributed by atoms with E-state index in [1.807, 2.05) is 25.1 Å². The maximum atomic E-state index is 13.6. The van der Waals surface area contributed by atoms with Crippen molar-refractivity contribution in [3.8, 4) is 5.69 Å². The zero-order valence-electron chi connectivity index (χ0n) is 16.1. The Kier molecular flexibility index (Phi) is 4.66. The number of halogens is 1. The first-order chi connectivity index (χ1) is 14.1. The lowest BCUT2D eigenvalue weighted by Crippen LogP contribution is -2.37. The lowest BCUT2D eigenvalue weighted by atomic mass is 9.86. The van der Waals surface area contributed by atoms with Gasteiger partial charge < -0.3 is 4.90 Å². The lowest BCUT2D eigenvalue weighted by molar-refractivity contribution is 0.0718. The van der Waals surface area contributed by atoms with Crippen molar-refractivity contribution in [2.24, 2.45) is 5.92 Å². The van der Waals surface area contributed by atoms with E-state index in [9.17, 15) is 4.79 Å². The first-order valence-electron chi connectivity index (χ1n) is 9.87. The second kappa shape index (κ2) is 7.33. The molecule has 2 aliphatic heterocycles. The second-order valence-electron chi connectivity index (χ2n) is 7.82. The highest BCUT2D eigenvalue weighted by atomic mass is 79.9. The van der Waals surface area contributed by atoms with Crippen molar-refractivity contribution in [3.63, 3.8) is 0 Å². The van der Waals surface area contributed by atoms with Gasteiger partial charge in [-0.3, -0.25) is 4.79 Å². The van der Waals surface area contributed by atoms with Gasteiger partial charge in [-0.15, -0.1) is 0 Å². The van der Waals surface area contributed by atoms with Crippen LogP contribution in [0.5, 0.6) is 0 Å². The van der Waals surface area contributed by atoms with Gasteiger partial charge in [0, 0.05) is 30.9 Å². The molecule has 2 aliphatic rings. The number of para-hydroxylation sites is 1. The van der Waals surface area contributed by atoms with Crippen LogP contribution in [0.3, 0.4) is 0 Å². The molecular formula is C21H21BrN6O. The van der Waals surface area contributed by atoms with Crippen molar-refractivity contribution in [2.45, 2.75) is 44.7 Å². The SMILES string of the molecule is Cc1cccc(C(=O)N2C3CCC2C(Cc2ncc(Br)cn2)C3)c1-n1nccn1. The van der Waals surface area contributed by atoms with E-state index in [4.69, 9.17) is 0 Å². The van der Waals surface area contributed by atoms with Gasteiger partial charge >= 0.3 is 0 Å². The zero-order valence-corrected chi connectivity index (χ0v) is 17.7. The Morgan fingerprint density at radius 3 is 2.69 bits per heavy atom. The van der Waals surface area contributed by atoms with E-state index in [1.54, 1.807) is 29.6 Å². The van der Waals surface area contributed by atoms with Crippen LogP contribution in [0.25, 0.3) is 5.69 Å². The molecule has 0 spiro atoms. The molecule has 2 saturated heterocycles. The third-order valence-corrected chi connectivity index (χ3v) is 6.51. The van der Waals surface area contributed by atoms with Gasteiger partial charge in [-0.1, -0.05) is 12.1 Å². The molecule has 3 atom stereocenters. The van der Waals surface area contributed by atoms with Crippen LogP contribution in [0.4, 0.5) is 0 Å². The molecule has 7 nitrogen and oxygen atoms in total. The number of benzene rings is 1. The molecule has 2 bridgehead atoms. The van der Waals surface area contributed by atoms with Crippen molar-refractivity contribution in [3.05, 3.63) is 64.4 Å². The summed E-state index contributed by atoms with van der Waals surface area (Å²) in [6, 6.07) is 6.33. The Balaban J connectivity index is 1.43. The van der Waals surface area contributed by atoms with Gasteiger partial charge in [0.1, 0.15) is 11.5 Å². The van der Waals surface area contributed by atoms with Gasteiger partial charge in [-0.05, 0) is 59.7 Å². The highest BCUT2D eigenvalue weighted by Gasteiger charge is 2.49. The summed E-state index contributed by atoms with van der Waals surface area (Å²) in [7, 11) is 0. The summed E-state index contributed by atoms with van der Waals surface area (Å²) in [6.45, 7) is 1.99. The van der Waals surface area contributed by atoms with Gasteiger partial charge in [0.15, 0.2) is 0 Å². The van der Waals surface area contributed by atoms with Crippen LogP contribution < -0.4 is 0 Å². The Labute approximate surface area is 177 Å². The quantitative estimate of drug-likeness (QED) is 0.606. The van der Waals surface area contributed by atoms with E-state index in [-0.39, 0.29) is 18.0 Å². The van der Waals surface area contributed by atoms with Crippen LogP contribution in [0.15, 0.2) is 47.5 Å². The van der Waals surface area contributed by atoms with Crippen LogP contribution in [0.2, 0.25) is 0 Å². The molecule has 3 unspecified atom stereocenters. The van der Waals surface area contributed by atoms with E-state index < -0.39 is 0 Å². The third-order valence-electron chi connectivity index (χ3n) is 6.11. The van der Waals surface area contributed by atoms with Crippen molar-refractivity contribution in [1.82, 2.24) is 29.9 Å². The number of rotatable bonds is 4. The molecule has 0 aliphatic carbocycles. The fraction of sp³-hybridized carbons (Fsp3) is 0.381. The summed E-state index contributed by atoms with van der Waals surface area (Å²) in [6.07, 6.45) is 10.8. The number of nitrogens with zero attached hydrogens (tertiary/aromatic N) is 6. The minimum Gasteiger partial charge on any atom is -0.332 e. The predicted molar refractivity (Wildman–Crippen MR) is 111 cm³/mol. The first-order valence-corrected chi connectivity index (χ1v) is 10.7. The Hall–Kier alpha value is -2.61. The molecular weight excluding hydrogens is 432 g/mol. The Bertz CT molecular complexity index is 1040. The van der Waals surface area contributed by atoms with E-state index in [2.05, 4.69) is 41.0 Å². The highest BCUT2D eigenvalue weighted by Crippen LogP contribution is 2.44. The number of carbonyl (C=O) groups excluding carboxylic acids is 1. The lowest BCUT2D eigenvalue weighted by Gasteiger charge is -2.25. The largest absolute Gasteiger partial charge is 0.332 e. The van der Waals surface area contributed by atoms with Crippen LogP contribution >= 0.6 is 15.9 Å². The second-order valence-corrected chi connectivity index (χ2v) is 8.73. The fourth-order valence-corrected chi connectivity index (χ4v) is 5.10. The Morgan fingerprint density at radius 2 is 1.93 bits per heavy atom. The third kappa shape index (κ3) is 3.25. The van der Waals surface area contributed by atoms with Gasteiger partial charge in [0.2, 0.25) is 0 Å². The van der Waals surface area contributed by atoms with Crippen molar-refractivity contribution < 1.29 is 4.79 Å². The summed E-state index contributed by atoms with van der Waals surface area (Å²) in [4.78, 5) is 26.2. The molecule has 1 aromatic carbocycles. The molecule has 3 aromatic rings. The highest BCUT2D eigenvalue weighted by molar-refractivity contribution is 9.10. The Morgan fingerprint density at radius 1 is 1.17 bits per heavy atom. The van der Waals surface area contributed by atoms with Crippen LogP contribution in [-0.2, 0) is 6.42 Å². The average Bonchev–Trinajstić information content (AvgIpc) is 3.45. The molecule has 2 aromatic heterocycles. The minimum absolute atomic E-state index is 0.0766. The number of fused-ring (bicyclic) bond motifs is 2. The maximum Gasteiger partial charge on any atom is 0.256 e. The monoisotopic (exact) mass is 452 g/mol. The molecule has 1 amide bonds. The molecule has 4 heterocycles. The van der Waals surface area contributed by atoms with E-state index >= 15 is 0 Å². The van der Waals surface area contributed by atoms with Gasteiger partial charge in [0.05, 0.1) is 22.4 Å². The van der Waals surface area contributed by atoms with Crippen molar-refractivity contribution >= 4 is 21.8 Å². The standard InChI is InChI=1S/C21H21BrN6O/c1-13-3-2-4-17(20(13)28-25-7-8-26-28)21(29)27-16-5-6-18(27)14(9-16)10-19-23-11-15(22)12-24-19/h2-4,7-8,11-12,14,16,18H,5-6,9-10H2,1H3. The number of aryl methyl sites for hydroxylation is 1. The number of amides is 1. The molecule has 0 radical (unpaired) electrons. The number of carbonyl (C=O) groups is 1. The number of hydrogen-bond donors (Lipinski definition) is 0. The van der Waals surface area contributed by atoms with Crippen LogP contribution in [0.1, 0.15) is 41.0 Å². The molecule has 0 saturated carbocycles. The molecule has 2 fully saturated rings. The van der Waals surface area contributed by atoms with Gasteiger partial charge in [-0.25, -0.2) is 9.97 Å². The van der Waals surface area contributed by atoms with Crippen molar-refractivity contribution in [2.75, 3.05) is 0 Å². The minimum atomic E-state index is 0.0766. The molecule has 0 N–H and O–H groups in total. The fourth-order valence-electron chi connectivity index (χ4n) is 4.89. The zero-order chi connectivity index (χ0) is 20.0. The normalized spacial score (nSPS) is 23.0. The predicted octanol–water partition coefficient (Wildman–Crippen LogP) is 3.36. The van der Waals surface area contributed by atoms with Crippen molar-refractivity contribution in [1.29, 1.82) is 0 Å². The number of hydrogen-bond acceptors (Lipinski definition) is 5. The molecule has 8 heteroatoms. The average molecular weight is 453 g/mol. The summed E-state index contributed by atoms with van der Waals surface area (Å²) in [5, 5.41) is 8.53. The van der Waals surface area contributed by atoms with Crippen LogP contribution in [0, 0.1) is 12.8 Å². The number of aromatic nitrogens is 5. The van der Waals surface area contributed by atoms with E-state index in [0.29, 0.717) is 11.5 Å². The molecule has 148 valence electrons. The van der Waals surface area contributed by atoms with Gasteiger partial charge in [0.25, 0.3) is 5.91 Å². The van der Waals surface area contributed by atoms with E-state index in [1.165, 1.54) is 0 Å². The summed E-state index contributed by atoms with van der Waals surface area (Å²) in [5.74, 6) is 1.32. The summed E-state index contributed by atoms with van der Waals surface area (Å²) < 4.78 is 0.880. The molecule has 5 rings (SSSR count). The molecule has 29 heavy (non-hydrogen) atoms. The van der Waals surface area contributed by atoms with Gasteiger partial charge in [-0.2, -0.15) is 15.0 Å². The van der Waals surface area contributed by atoms with Crippen LogP contribution in [-0.4, -0.2) is 47.9 Å². The maximum absolute atomic E-state index is 13.6. The summed E-state index contributed by atoms with van der Waals surface area (Å²) >= 11 is 3.38. The topological polar surface area (TPSA) is 76.8 Å². The first kappa shape index (κ1) is 18.4. The van der Waals surface area contributed by atoms with E-state index in [0.717, 1.165) is 47.2 Å². The summed E-state index contributed by atoms with van der Waals surface area (Å²) in [5.41, 5.74) is 2.42.